The van der Waals surface area contributed by atoms with Crippen LogP contribution in [0.5, 0.6) is 0 Å². The van der Waals surface area contributed by atoms with Gasteiger partial charge in [-0.05, 0) is 26.2 Å². The largest absolute Gasteiger partial charge is 0.311 e. The van der Waals surface area contributed by atoms with Gasteiger partial charge < -0.3 is 5.32 Å². The van der Waals surface area contributed by atoms with Crippen molar-refractivity contribution in [3.05, 3.63) is 23.3 Å². The molecule has 74 valence electrons. The molecule has 0 heterocycles. The predicted octanol–water partition coefficient (Wildman–Crippen LogP) is 3.04. The highest BCUT2D eigenvalue weighted by Crippen LogP contribution is 2.20. The zero-order valence-electron chi connectivity index (χ0n) is 9.06. The number of nitrogens with one attached hydrogen (secondary N) is 1. The number of hydrogen-bond donors (Lipinski definition) is 1. The molecule has 1 nitrogen and oxygen atoms in total. The molecule has 1 aliphatic carbocycles. The third-order valence-electron chi connectivity index (χ3n) is 2.75. The summed E-state index contributed by atoms with van der Waals surface area (Å²) in [4.78, 5) is 0. The van der Waals surface area contributed by atoms with Crippen molar-refractivity contribution in [2.24, 2.45) is 0 Å². The third-order valence-corrected chi connectivity index (χ3v) is 2.75. The molecule has 0 fully saturated rings. The zero-order valence-corrected chi connectivity index (χ0v) is 9.06. The van der Waals surface area contributed by atoms with Crippen LogP contribution in [0.25, 0.3) is 0 Å². The third kappa shape index (κ3) is 3.35. The van der Waals surface area contributed by atoms with E-state index in [9.17, 15) is 0 Å². The topological polar surface area (TPSA) is 12.0 Å². The van der Waals surface area contributed by atoms with E-state index in [2.05, 4.69) is 38.2 Å². The Bertz CT molecular complexity index is 213. The first kappa shape index (κ1) is 10.5. The number of rotatable bonds is 5. The second-order valence-electron chi connectivity index (χ2n) is 3.87. The maximum absolute atomic E-state index is 3.52. The van der Waals surface area contributed by atoms with E-state index in [0.29, 0.717) is 6.04 Å². The van der Waals surface area contributed by atoms with E-state index in [1.54, 1.807) is 5.57 Å². The molecule has 1 heteroatoms. The molecule has 0 saturated heterocycles. The minimum Gasteiger partial charge on any atom is -0.311 e. The molecule has 0 aromatic heterocycles. The Morgan fingerprint density at radius 1 is 1.31 bits per heavy atom. The molecule has 1 unspecified atom stereocenters. The van der Waals surface area contributed by atoms with Crippen LogP contribution in [-0.2, 0) is 0 Å². The predicted molar refractivity (Wildman–Crippen MR) is 58.8 cm³/mol. The molecule has 1 aliphatic rings. The van der Waals surface area contributed by atoms with Gasteiger partial charge in [0.05, 0.1) is 0 Å². The summed E-state index contributed by atoms with van der Waals surface area (Å²) in [5.41, 5.74) is 3.11. The Hall–Kier alpha value is -0.560. The van der Waals surface area contributed by atoms with Crippen molar-refractivity contribution in [3.8, 4) is 0 Å². The maximum Gasteiger partial charge on any atom is 0.0173 e. The van der Waals surface area contributed by atoms with Gasteiger partial charge in [-0.25, -0.2) is 0 Å². The van der Waals surface area contributed by atoms with E-state index in [4.69, 9.17) is 0 Å². The van der Waals surface area contributed by atoms with Gasteiger partial charge in [-0.1, -0.05) is 37.1 Å². The van der Waals surface area contributed by atoms with Gasteiger partial charge in [-0.3, -0.25) is 0 Å². The zero-order chi connectivity index (χ0) is 9.68. The van der Waals surface area contributed by atoms with Crippen molar-refractivity contribution in [2.75, 3.05) is 6.54 Å². The summed E-state index contributed by atoms with van der Waals surface area (Å²) >= 11 is 0. The average molecular weight is 179 g/mol. The van der Waals surface area contributed by atoms with Crippen LogP contribution in [0.15, 0.2) is 23.3 Å². The average Bonchev–Trinajstić information content (AvgIpc) is 2.61. The molecular weight excluding hydrogens is 158 g/mol. The lowest BCUT2D eigenvalue weighted by atomic mass is 10.1. The van der Waals surface area contributed by atoms with Crippen LogP contribution in [0.4, 0.5) is 0 Å². The summed E-state index contributed by atoms with van der Waals surface area (Å²) in [6.07, 6.45) is 8.15. The summed E-state index contributed by atoms with van der Waals surface area (Å²) in [5, 5.41) is 3.52. The Labute approximate surface area is 81.9 Å². The van der Waals surface area contributed by atoms with E-state index in [0.717, 1.165) is 6.54 Å². The Kier molecular flexibility index (Phi) is 4.23. The normalized spacial score (nSPS) is 18.4. The van der Waals surface area contributed by atoms with E-state index < -0.39 is 0 Å². The van der Waals surface area contributed by atoms with Crippen LogP contribution in [0.2, 0.25) is 0 Å². The lowest BCUT2D eigenvalue weighted by molar-refractivity contribution is 0.557. The minimum absolute atomic E-state index is 0.645. The van der Waals surface area contributed by atoms with Crippen molar-refractivity contribution in [3.63, 3.8) is 0 Å². The lowest BCUT2D eigenvalue weighted by Crippen LogP contribution is -2.26. The molecular formula is C12H21N. The first-order valence-corrected chi connectivity index (χ1v) is 5.37. The molecule has 0 aromatic rings. The van der Waals surface area contributed by atoms with Gasteiger partial charge in [0.1, 0.15) is 0 Å². The monoisotopic (exact) mass is 179 g/mol. The molecule has 0 amide bonds. The molecule has 0 aliphatic heterocycles. The maximum atomic E-state index is 3.52. The minimum atomic E-state index is 0.645. The molecule has 13 heavy (non-hydrogen) atoms. The first-order chi connectivity index (χ1) is 6.26. The fraction of sp³-hybridized carbons (Fsp3) is 0.667. The second-order valence-corrected chi connectivity index (χ2v) is 3.87. The lowest BCUT2D eigenvalue weighted by Gasteiger charge is -2.12. The summed E-state index contributed by atoms with van der Waals surface area (Å²) in [6.45, 7) is 7.75. The van der Waals surface area contributed by atoms with Gasteiger partial charge in [0, 0.05) is 12.6 Å². The highest BCUT2D eigenvalue weighted by atomic mass is 14.9. The second kappa shape index (κ2) is 5.23. The van der Waals surface area contributed by atoms with Crippen molar-refractivity contribution in [1.29, 1.82) is 0 Å². The Morgan fingerprint density at radius 3 is 2.54 bits per heavy atom. The summed E-state index contributed by atoms with van der Waals surface area (Å²) in [6, 6.07) is 0.645. The first-order valence-electron chi connectivity index (χ1n) is 5.37. The van der Waals surface area contributed by atoms with Crippen molar-refractivity contribution >= 4 is 0 Å². The molecule has 0 bridgehead atoms. The van der Waals surface area contributed by atoms with Gasteiger partial charge in [0.25, 0.3) is 0 Å². The van der Waals surface area contributed by atoms with Crippen LogP contribution in [-0.4, -0.2) is 12.6 Å². The van der Waals surface area contributed by atoms with Crippen LogP contribution in [0.3, 0.4) is 0 Å². The van der Waals surface area contributed by atoms with Gasteiger partial charge in [-0.2, -0.15) is 0 Å². The summed E-state index contributed by atoms with van der Waals surface area (Å²) in [7, 11) is 0. The Balaban J connectivity index is 2.20. The highest BCUT2D eigenvalue weighted by molar-refractivity contribution is 5.30. The molecule has 1 N–H and O–H groups in total. The smallest absolute Gasteiger partial charge is 0.0173 e. The number of allylic oxidation sites excluding steroid dienone is 3. The van der Waals surface area contributed by atoms with Crippen molar-refractivity contribution in [1.82, 2.24) is 5.32 Å². The molecule has 0 spiro atoms. The van der Waals surface area contributed by atoms with Gasteiger partial charge in [-0.15, -0.1) is 0 Å². The quantitative estimate of drug-likeness (QED) is 0.684. The summed E-state index contributed by atoms with van der Waals surface area (Å²) in [5.74, 6) is 0. The molecule has 0 radical (unpaired) electrons. The SMILES string of the molecule is CCC1=CC=C(CNC(C)CC)C1. The van der Waals surface area contributed by atoms with E-state index >= 15 is 0 Å². The highest BCUT2D eigenvalue weighted by Gasteiger charge is 2.07. The van der Waals surface area contributed by atoms with E-state index in [1.165, 1.54) is 24.8 Å². The van der Waals surface area contributed by atoms with Crippen LogP contribution >= 0.6 is 0 Å². The molecule has 0 saturated carbocycles. The van der Waals surface area contributed by atoms with Crippen LogP contribution < -0.4 is 5.32 Å². The van der Waals surface area contributed by atoms with Crippen LogP contribution in [0.1, 0.15) is 40.0 Å². The van der Waals surface area contributed by atoms with Crippen molar-refractivity contribution in [2.45, 2.75) is 46.1 Å². The molecule has 0 aromatic carbocycles. The van der Waals surface area contributed by atoms with E-state index in [1.807, 2.05) is 0 Å². The van der Waals surface area contributed by atoms with Gasteiger partial charge in [0.15, 0.2) is 0 Å². The standard InChI is InChI=1S/C12H21N/c1-4-10(3)13-9-12-7-6-11(5-2)8-12/h6-7,10,13H,4-5,8-9H2,1-3H3. The van der Waals surface area contributed by atoms with E-state index in [-0.39, 0.29) is 0 Å². The van der Waals surface area contributed by atoms with Gasteiger partial charge in [0.2, 0.25) is 0 Å². The Morgan fingerprint density at radius 2 is 2.00 bits per heavy atom. The van der Waals surface area contributed by atoms with Crippen LogP contribution in [0, 0.1) is 0 Å². The molecule has 1 rings (SSSR count). The fourth-order valence-corrected chi connectivity index (χ4v) is 1.46. The number of hydrogen-bond acceptors (Lipinski definition) is 1. The summed E-state index contributed by atoms with van der Waals surface area (Å²) < 4.78 is 0. The van der Waals surface area contributed by atoms with Crippen molar-refractivity contribution < 1.29 is 0 Å². The van der Waals surface area contributed by atoms with Gasteiger partial charge >= 0.3 is 0 Å². The molecule has 1 atom stereocenters. The fourth-order valence-electron chi connectivity index (χ4n) is 1.46.